The molecule has 0 aliphatic rings. The van der Waals surface area contributed by atoms with Gasteiger partial charge in [-0.25, -0.2) is 26.3 Å². The monoisotopic (exact) mass is 465 g/mol. The van der Waals surface area contributed by atoms with E-state index in [1.807, 2.05) is 0 Å². The zero-order chi connectivity index (χ0) is 22.7. The van der Waals surface area contributed by atoms with E-state index in [1.54, 1.807) is 6.92 Å². The molecule has 1 amide bonds. The van der Waals surface area contributed by atoms with Gasteiger partial charge in [-0.05, 0) is 55.9 Å². The van der Waals surface area contributed by atoms with E-state index in [2.05, 4.69) is 10.0 Å². The number of nitrogens with one attached hydrogen (secondary N) is 3. The lowest BCUT2D eigenvalue weighted by Crippen LogP contribution is -2.33. The number of hydrogen-bond donors (Lipinski definition) is 3. The van der Waals surface area contributed by atoms with E-state index >= 15 is 0 Å². The van der Waals surface area contributed by atoms with E-state index in [9.17, 15) is 34.8 Å². The molecule has 0 saturated heterocycles. The second-order valence-corrected chi connectivity index (χ2v) is 9.76. The molecule has 0 aliphatic carbocycles. The molecule has 0 bridgehead atoms. The molecule has 8 nitrogen and oxygen atoms in total. The van der Waals surface area contributed by atoms with Gasteiger partial charge < -0.3 is 5.32 Å². The molecular weight excluding hydrogens is 447 g/mol. The summed E-state index contributed by atoms with van der Waals surface area (Å²) in [4.78, 5) is 12.0. The summed E-state index contributed by atoms with van der Waals surface area (Å²) in [6, 6.07) is 8.45. The minimum atomic E-state index is -4.70. The van der Waals surface area contributed by atoms with Crippen LogP contribution >= 0.6 is 0 Å². The number of rotatable bonds is 7. The maximum atomic E-state index is 12.5. The Morgan fingerprint density at radius 3 is 2.03 bits per heavy atom. The molecule has 0 radical (unpaired) electrons. The fourth-order valence-corrected chi connectivity index (χ4v) is 4.08. The average Bonchev–Trinajstić information content (AvgIpc) is 2.66. The molecule has 30 heavy (non-hydrogen) atoms. The summed E-state index contributed by atoms with van der Waals surface area (Å²) < 4.78 is 87.8. The third kappa shape index (κ3) is 6.01. The smallest absolute Gasteiger partial charge is 0.322 e. The lowest BCUT2D eigenvalue weighted by Gasteiger charge is -2.11. The normalized spacial score (nSPS) is 12.6. The van der Waals surface area contributed by atoms with Gasteiger partial charge in [0.05, 0.1) is 9.79 Å². The first-order valence-electron chi connectivity index (χ1n) is 8.27. The van der Waals surface area contributed by atoms with Crippen LogP contribution in [0.4, 0.5) is 18.9 Å². The maximum Gasteiger partial charge on any atom is 0.402 e. The number of amides is 1. The minimum absolute atomic E-state index is 0.0786. The highest BCUT2D eigenvalue weighted by Gasteiger charge is 2.30. The number of hydrogen-bond acceptors (Lipinski definition) is 5. The van der Waals surface area contributed by atoms with Crippen molar-refractivity contribution in [2.45, 2.75) is 22.9 Å². The molecule has 0 saturated carbocycles. The fourth-order valence-electron chi connectivity index (χ4n) is 2.31. The van der Waals surface area contributed by atoms with Gasteiger partial charge in [-0.3, -0.25) is 4.79 Å². The number of benzene rings is 2. The molecule has 0 spiro atoms. The zero-order valence-electron chi connectivity index (χ0n) is 15.7. The van der Waals surface area contributed by atoms with Crippen LogP contribution < -0.4 is 14.8 Å². The number of carbonyl (C=O) groups excluding carboxylic acids is 1. The first-order chi connectivity index (χ1) is 13.7. The van der Waals surface area contributed by atoms with Crippen molar-refractivity contribution < 1.29 is 34.8 Å². The molecular formula is C17H18F3N3O5S2. The lowest BCUT2D eigenvalue weighted by atomic mass is 10.1. The molecule has 0 atom stereocenters. The molecule has 13 heteroatoms. The van der Waals surface area contributed by atoms with Gasteiger partial charge in [0.2, 0.25) is 20.0 Å². The van der Waals surface area contributed by atoms with Gasteiger partial charge in [-0.2, -0.15) is 13.2 Å². The highest BCUT2D eigenvalue weighted by atomic mass is 32.2. The van der Waals surface area contributed by atoms with Crippen LogP contribution in [0.5, 0.6) is 0 Å². The third-order valence-corrected chi connectivity index (χ3v) is 6.75. The number of sulfonamides is 2. The van der Waals surface area contributed by atoms with Gasteiger partial charge in [0, 0.05) is 11.3 Å². The molecule has 0 unspecified atom stereocenters. The Balaban J connectivity index is 2.20. The topological polar surface area (TPSA) is 121 Å². The molecule has 2 rings (SSSR count). The molecule has 3 N–H and O–H groups in total. The third-order valence-electron chi connectivity index (χ3n) is 3.92. The van der Waals surface area contributed by atoms with Crippen LogP contribution in [-0.2, 0) is 20.0 Å². The van der Waals surface area contributed by atoms with Crippen molar-refractivity contribution in [2.75, 3.05) is 18.9 Å². The van der Waals surface area contributed by atoms with Crippen LogP contribution in [0.15, 0.2) is 52.3 Å². The Kier molecular flexibility index (Phi) is 6.91. The summed E-state index contributed by atoms with van der Waals surface area (Å²) in [5.41, 5.74) is 0.740. The Morgan fingerprint density at radius 2 is 1.50 bits per heavy atom. The van der Waals surface area contributed by atoms with Crippen molar-refractivity contribution in [3.05, 3.63) is 53.6 Å². The maximum absolute atomic E-state index is 12.5. The molecule has 2 aromatic rings. The van der Waals surface area contributed by atoms with Crippen LogP contribution in [0.3, 0.4) is 0 Å². The van der Waals surface area contributed by atoms with E-state index in [-0.39, 0.29) is 16.1 Å². The van der Waals surface area contributed by atoms with E-state index in [1.165, 1.54) is 42.1 Å². The predicted molar refractivity (Wildman–Crippen MR) is 103 cm³/mol. The Bertz CT molecular complexity index is 1150. The molecule has 0 aliphatic heterocycles. The van der Waals surface area contributed by atoms with Crippen molar-refractivity contribution in [1.29, 1.82) is 0 Å². The molecule has 2 aromatic carbocycles. The van der Waals surface area contributed by atoms with Crippen molar-refractivity contribution in [1.82, 2.24) is 9.44 Å². The number of alkyl halides is 3. The van der Waals surface area contributed by atoms with E-state index in [4.69, 9.17) is 0 Å². The van der Waals surface area contributed by atoms with E-state index < -0.39 is 43.6 Å². The van der Waals surface area contributed by atoms with Crippen molar-refractivity contribution in [2.24, 2.45) is 0 Å². The Morgan fingerprint density at radius 1 is 0.933 bits per heavy atom. The van der Waals surface area contributed by atoms with E-state index in [0.717, 1.165) is 12.1 Å². The number of aryl methyl sites for hydroxylation is 1. The summed E-state index contributed by atoms with van der Waals surface area (Å²) >= 11 is 0. The van der Waals surface area contributed by atoms with Crippen molar-refractivity contribution in [3.63, 3.8) is 0 Å². The second-order valence-electron chi connectivity index (χ2n) is 6.10. The largest absolute Gasteiger partial charge is 0.402 e. The zero-order valence-corrected chi connectivity index (χ0v) is 17.4. The summed E-state index contributed by atoms with van der Waals surface area (Å²) in [5, 5.41) is 2.48. The van der Waals surface area contributed by atoms with Gasteiger partial charge in [0.1, 0.15) is 6.54 Å². The predicted octanol–water partition coefficient (Wildman–Crippen LogP) is 2.00. The first-order valence-corrected chi connectivity index (χ1v) is 11.2. The number of halogens is 3. The van der Waals surface area contributed by atoms with E-state index in [0.29, 0.717) is 5.56 Å². The lowest BCUT2D eigenvalue weighted by molar-refractivity contribution is -0.121. The Hall–Kier alpha value is -2.48. The van der Waals surface area contributed by atoms with Crippen molar-refractivity contribution >= 4 is 31.6 Å². The fraction of sp³-hybridized carbons (Fsp3) is 0.235. The summed E-state index contributed by atoms with van der Waals surface area (Å²) in [6.07, 6.45) is -4.70. The molecule has 164 valence electrons. The van der Waals surface area contributed by atoms with Crippen LogP contribution in [0.1, 0.15) is 15.9 Å². The van der Waals surface area contributed by atoms with Gasteiger partial charge in [0.25, 0.3) is 5.91 Å². The number of carbonyl (C=O) groups is 1. The molecule has 0 heterocycles. The van der Waals surface area contributed by atoms with Gasteiger partial charge in [-0.1, -0.05) is 6.07 Å². The van der Waals surface area contributed by atoms with Crippen molar-refractivity contribution in [3.8, 4) is 0 Å². The van der Waals surface area contributed by atoms with Crippen LogP contribution in [0.25, 0.3) is 0 Å². The molecule has 0 aromatic heterocycles. The highest BCUT2D eigenvalue weighted by Crippen LogP contribution is 2.20. The highest BCUT2D eigenvalue weighted by molar-refractivity contribution is 7.89. The second kappa shape index (κ2) is 8.71. The summed E-state index contributed by atoms with van der Waals surface area (Å²) in [7, 11) is -6.91. The minimum Gasteiger partial charge on any atom is -0.322 e. The summed E-state index contributed by atoms with van der Waals surface area (Å²) in [6.45, 7) is -0.106. The van der Waals surface area contributed by atoms with Crippen LogP contribution in [0, 0.1) is 6.92 Å². The SMILES string of the molecule is CNS(=O)(=O)c1ccc(C)c(C(=O)Nc2ccc(S(=O)(=O)NCC(F)(F)F)cc2)c1. The standard InChI is InChI=1S/C17H18F3N3O5S2/c1-11-3-6-14(29(25,26)21-2)9-15(11)16(24)23-12-4-7-13(8-5-12)30(27,28)22-10-17(18,19)20/h3-9,21-22H,10H2,1-2H3,(H,23,24). The first kappa shape index (κ1) is 23.8. The number of anilines is 1. The summed E-state index contributed by atoms with van der Waals surface area (Å²) in [5.74, 6) is -0.647. The van der Waals surface area contributed by atoms with Gasteiger partial charge in [0.15, 0.2) is 0 Å². The van der Waals surface area contributed by atoms with Gasteiger partial charge in [-0.15, -0.1) is 0 Å². The Labute approximate surface area is 171 Å². The average molecular weight is 465 g/mol. The van der Waals surface area contributed by atoms with Crippen LogP contribution in [-0.4, -0.2) is 42.5 Å². The quantitative estimate of drug-likeness (QED) is 0.578. The molecule has 0 fully saturated rings. The van der Waals surface area contributed by atoms with Gasteiger partial charge >= 0.3 is 6.18 Å². The van der Waals surface area contributed by atoms with Crippen LogP contribution in [0.2, 0.25) is 0 Å².